The van der Waals surface area contributed by atoms with E-state index < -0.39 is 8.03 Å². The molecule has 4 heteroatoms. The molecule has 0 fully saturated rings. The van der Waals surface area contributed by atoms with Gasteiger partial charge in [0.15, 0.2) is 0 Å². The van der Waals surface area contributed by atoms with E-state index in [1.54, 1.807) is 18.2 Å². The van der Waals surface area contributed by atoms with E-state index in [0.717, 1.165) is 0 Å². The molecule has 0 bridgehead atoms. The lowest BCUT2D eigenvalue weighted by atomic mass is 10.4. The Balaban J connectivity index is 2.85. The van der Waals surface area contributed by atoms with E-state index in [1.807, 2.05) is 0 Å². The Kier molecular flexibility index (Phi) is 2.49. The van der Waals surface area contributed by atoms with Gasteiger partial charge in [-0.05, 0) is 16.7 Å². The van der Waals surface area contributed by atoms with Crippen LogP contribution < -0.4 is 5.30 Å². The van der Waals surface area contributed by atoms with Crippen LogP contribution in [0.15, 0.2) is 30.3 Å². The van der Waals surface area contributed by atoms with Crippen LogP contribution in [-0.4, -0.2) is 0 Å². The first-order chi connectivity index (χ1) is 4.84. The van der Waals surface area contributed by atoms with Crippen molar-refractivity contribution in [2.24, 2.45) is 0 Å². The van der Waals surface area contributed by atoms with Gasteiger partial charge in [-0.2, -0.15) is 0 Å². The van der Waals surface area contributed by atoms with Crippen LogP contribution in [0.1, 0.15) is 0 Å². The minimum absolute atomic E-state index is 0.361. The second kappa shape index (κ2) is 3.40. The van der Waals surface area contributed by atoms with Gasteiger partial charge < -0.3 is 0 Å². The largest absolute Gasteiger partial charge is 0.584 e. The molecule has 0 N–H and O–H groups in total. The number of hydrogen-bond acceptors (Lipinski definition) is 2. The van der Waals surface area contributed by atoms with Crippen molar-refractivity contribution < 1.29 is 13.8 Å². The molecule has 0 aliphatic rings. The fourth-order valence-corrected chi connectivity index (χ4v) is 1.08. The number of hydrogen-bond donors (Lipinski definition) is 0. The van der Waals surface area contributed by atoms with E-state index in [9.17, 15) is 9.09 Å². The van der Waals surface area contributed by atoms with Crippen molar-refractivity contribution in [3.8, 4) is 0 Å². The molecule has 1 atom stereocenters. The third-order valence-electron chi connectivity index (χ3n) is 1.03. The zero-order chi connectivity index (χ0) is 7.40. The molecule has 0 aliphatic carbocycles. The van der Waals surface area contributed by atoms with Crippen molar-refractivity contribution in [3.63, 3.8) is 0 Å². The Morgan fingerprint density at radius 1 is 1.30 bits per heavy atom. The number of benzene rings is 1. The lowest BCUT2D eigenvalue weighted by molar-refractivity contribution is 0.00732. The highest BCUT2D eigenvalue weighted by Gasteiger charge is 2.21. The molecule has 0 aromatic heterocycles. The Morgan fingerprint density at radius 2 is 1.90 bits per heavy atom. The third kappa shape index (κ3) is 1.59. The molecule has 0 aliphatic heterocycles. The first-order valence-corrected chi connectivity index (χ1v) is 3.83. The standard InChI is InChI=1S/C6H5FO2P/c7-9-10(8)6-4-2-1-3-5-6/h1-5H/q+1. The van der Waals surface area contributed by atoms with E-state index in [-0.39, 0.29) is 0 Å². The van der Waals surface area contributed by atoms with Crippen LogP contribution in [0.4, 0.5) is 4.53 Å². The highest BCUT2D eigenvalue weighted by atomic mass is 31.1. The normalized spacial score (nSPS) is 11.1. The summed E-state index contributed by atoms with van der Waals surface area (Å²) in [5.41, 5.74) is 0. The average molecular weight is 159 g/mol. The van der Waals surface area contributed by atoms with E-state index in [2.05, 4.69) is 4.73 Å². The lowest BCUT2D eigenvalue weighted by Gasteiger charge is -1.78. The quantitative estimate of drug-likeness (QED) is 0.616. The summed E-state index contributed by atoms with van der Waals surface area (Å²) in [6.07, 6.45) is 0. The topological polar surface area (TPSA) is 26.3 Å². The van der Waals surface area contributed by atoms with Gasteiger partial charge in [0, 0.05) is 4.53 Å². The fourth-order valence-electron chi connectivity index (χ4n) is 0.590. The van der Waals surface area contributed by atoms with E-state index in [1.165, 1.54) is 12.1 Å². The molecule has 1 unspecified atom stereocenters. The highest BCUT2D eigenvalue weighted by molar-refractivity contribution is 7.48. The van der Waals surface area contributed by atoms with Gasteiger partial charge in [-0.25, -0.2) is 0 Å². The van der Waals surface area contributed by atoms with Gasteiger partial charge in [0.2, 0.25) is 5.30 Å². The fraction of sp³-hybridized carbons (Fsp3) is 0. The first-order valence-electron chi connectivity index (χ1n) is 2.65. The average Bonchev–Trinajstić information content (AvgIpc) is 2.05. The zero-order valence-electron chi connectivity index (χ0n) is 5.03. The molecule has 0 saturated carbocycles. The van der Waals surface area contributed by atoms with E-state index in [0.29, 0.717) is 5.30 Å². The van der Waals surface area contributed by atoms with Crippen molar-refractivity contribution in [1.29, 1.82) is 0 Å². The summed E-state index contributed by atoms with van der Waals surface area (Å²) >= 11 is 0. The van der Waals surface area contributed by atoms with Crippen molar-refractivity contribution in [2.75, 3.05) is 0 Å². The van der Waals surface area contributed by atoms with Crippen molar-refractivity contribution >= 4 is 13.3 Å². The van der Waals surface area contributed by atoms with Crippen molar-refractivity contribution in [2.45, 2.75) is 0 Å². The Hall–Kier alpha value is -0.790. The van der Waals surface area contributed by atoms with Gasteiger partial charge in [0.1, 0.15) is 0 Å². The van der Waals surface area contributed by atoms with Gasteiger partial charge in [-0.1, -0.05) is 18.2 Å². The van der Waals surface area contributed by atoms with Gasteiger partial charge >= 0.3 is 8.03 Å². The highest BCUT2D eigenvalue weighted by Crippen LogP contribution is 2.20. The SMILES string of the molecule is O=[P+](OF)c1ccccc1. The van der Waals surface area contributed by atoms with E-state index >= 15 is 0 Å². The predicted octanol–water partition coefficient (Wildman–Crippen LogP) is 1.96. The van der Waals surface area contributed by atoms with Crippen LogP contribution in [-0.2, 0) is 9.29 Å². The third-order valence-corrected chi connectivity index (χ3v) is 1.87. The smallest absolute Gasteiger partial charge is 0.0619 e. The minimum Gasteiger partial charge on any atom is -0.0619 e. The zero-order valence-corrected chi connectivity index (χ0v) is 5.92. The van der Waals surface area contributed by atoms with Crippen LogP contribution in [0, 0.1) is 0 Å². The molecular formula is C6H5FO2P+. The second-order valence-corrected chi connectivity index (χ2v) is 2.83. The van der Waals surface area contributed by atoms with Gasteiger partial charge in [0.05, 0.1) is 4.73 Å². The molecular weight excluding hydrogens is 154 g/mol. The molecule has 10 heavy (non-hydrogen) atoms. The summed E-state index contributed by atoms with van der Waals surface area (Å²) in [7, 11) is -2.29. The molecule has 1 rings (SSSR count). The van der Waals surface area contributed by atoms with Crippen molar-refractivity contribution in [3.05, 3.63) is 30.3 Å². The summed E-state index contributed by atoms with van der Waals surface area (Å²) in [6, 6.07) is 8.17. The first kappa shape index (κ1) is 7.32. The molecule has 1 aromatic carbocycles. The number of halogens is 1. The van der Waals surface area contributed by atoms with Crippen LogP contribution in [0.5, 0.6) is 0 Å². The summed E-state index contributed by atoms with van der Waals surface area (Å²) < 4.78 is 25.0. The molecule has 1 aromatic rings. The Morgan fingerprint density at radius 3 is 2.40 bits per heavy atom. The molecule has 0 saturated heterocycles. The molecule has 0 radical (unpaired) electrons. The summed E-state index contributed by atoms with van der Waals surface area (Å²) in [4.78, 5) is 0. The van der Waals surface area contributed by atoms with Gasteiger partial charge in [-0.15, -0.1) is 0 Å². The molecule has 52 valence electrons. The predicted molar refractivity (Wildman–Crippen MR) is 35.9 cm³/mol. The summed E-state index contributed by atoms with van der Waals surface area (Å²) in [6.45, 7) is 0. The molecule has 0 spiro atoms. The maximum Gasteiger partial charge on any atom is 0.584 e. The van der Waals surface area contributed by atoms with Gasteiger partial charge in [0.25, 0.3) is 0 Å². The summed E-state index contributed by atoms with van der Waals surface area (Å²) in [5, 5.41) is 0.361. The molecule has 2 nitrogen and oxygen atoms in total. The van der Waals surface area contributed by atoms with Crippen LogP contribution in [0.2, 0.25) is 0 Å². The summed E-state index contributed by atoms with van der Waals surface area (Å²) in [5.74, 6) is 0. The van der Waals surface area contributed by atoms with Crippen LogP contribution >= 0.6 is 8.03 Å². The lowest BCUT2D eigenvalue weighted by Crippen LogP contribution is -1.92. The minimum atomic E-state index is -2.29. The van der Waals surface area contributed by atoms with Crippen LogP contribution in [0.25, 0.3) is 0 Å². The maximum atomic E-state index is 11.3. The number of rotatable bonds is 2. The van der Waals surface area contributed by atoms with Crippen LogP contribution in [0.3, 0.4) is 0 Å². The second-order valence-electron chi connectivity index (χ2n) is 1.66. The Bertz CT molecular complexity index is 224. The Labute approximate surface area is 58.4 Å². The molecule has 0 heterocycles. The van der Waals surface area contributed by atoms with E-state index in [4.69, 9.17) is 0 Å². The van der Waals surface area contributed by atoms with Crippen molar-refractivity contribution in [1.82, 2.24) is 0 Å². The molecule has 0 amide bonds. The monoisotopic (exact) mass is 159 g/mol. The van der Waals surface area contributed by atoms with Gasteiger partial charge in [-0.3, -0.25) is 0 Å². The maximum absolute atomic E-state index is 11.3.